The summed E-state index contributed by atoms with van der Waals surface area (Å²) in [5.41, 5.74) is 2.66. The van der Waals surface area contributed by atoms with Gasteiger partial charge in [-0.05, 0) is 23.0 Å². The first-order valence-corrected chi connectivity index (χ1v) is 10.4. The second-order valence-electron chi connectivity index (χ2n) is 6.77. The maximum atomic E-state index is 12.5. The van der Waals surface area contributed by atoms with E-state index in [1.165, 1.54) is 10.6 Å². The fourth-order valence-corrected chi connectivity index (χ4v) is 3.69. The lowest BCUT2D eigenvalue weighted by molar-refractivity contribution is -0.120. The molecule has 0 aliphatic rings. The molecule has 0 saturated carbocycles. The highest BCUT2D eigenvalue weighted by Crippen LogP contribution is 2.36. The summed E-state index contributed by atoms with van der Waals surface area (Å²) in [6.07, 6.45) is 2.89. The fraction of sp³-hybridized carbons (Fsp3) is 0.526. The van der Waals surface area contributed by atoms with Crippen LogP contribution in [0.5, 0.6) is 0 Å². The van der Waals surface area contributed by atoms with Gasteiger partial charge in [0.1, 0.15) is 0 Å². The molecule has 5 nitrogen and oxygen atoms in total. The smallest absolute Gasteiger partial charge is 0.232 e. The molecule has 6 heteroatoms. The van der Waals surface area contributed by atoms with Crippen molar-refractivity contribution in [2.75, 3.05) is 23.7 Å². The number of hydrogen-bond donors (Lipinski definition) is 1. The van der Waals surface area contributed by atoms with Crippen molar-refractivity contribution in [3.05, 3.63) is 42.0 Å². The number of nitrogens with one attached hydrogen (secondary N) is 1. The molecule has 1 rings (SSSR count). The minimum absolute atomic E-state index is 0.102. The Labute approximate surface area is 152 Å². The molecule has 0 bridgehead atoms. The summed E-state index contributed by atoms with van der Waals surface area (Å²) in [7, 11) is -3.51. The van der Waals surface area contributed by atoms with Crippen molar-refractivity contribution >= 4 is 21.6 Å². The van der Waals surface area contributed by atoms with E-state index in [9.17, 15) is 13.2 Å². The number of rotatable bonds is 9. The van der Waals surface area contributed by atoms with Crippen LogP contribution in [0.15, 0.2) is 30.9 Å². The summed E-state index contributed by atoms with van der Waals surface area (Å²) in [4.78, 5) is 11.9. The number of carbonyl (C=O) groups excluding carboxylic acids is 1. The third-order valence-electron chi connectivity index (χ3n) is 3.98. The van der Waals surface area contributed by atoms with E-state index in [0.29, 0.717) is 12.2 Å². The third-order valence-corrected chi connectivity index (χ3v) is 5.14. The van der Waals surface area contributed by atoms with Crippen LogP contribution in [0.25, 0.3) is 0 Å². The zero-order valence-electron chi connectivity index (χ0n) is 15.9. The van der Waals surface area contributed by atoms with E-state index < -0.39 is 10.0 Å². The van der Waals surface area contributed by atoms with Gasteiger partial charge < -0.3 is 5.32 Å². The van der Waals surface area contributed by atoms with E-state index in [2.05, 4.69) is 11.9 Å². The van der Waals surface area contributed by atoms with Crippen molar-refractivity contribution < 1.29 is 13.2 Å². The number of nitrogens with zero attached hydrogens (tertiary/aromatic N) is 1. The Bertz CT molecular complexity index is 683. The molecule has 0 atom stereocenters. The lowest BCUT2D eigenvalue weighted by Crippen LogP contribution is -2.36. The quantitative estimate of drug-likeness (QED) is 0.681. The molecule has 1 amide bonds. The molecule has 140 valence electrons. The molecule has 0 spiro atoms. The number of benzene rings is 1. The second-order valence-corrected chi connectivity index (χ2v) is 8.68. The molecule has 0 aliphatic heterocycles. The molecule has 1 aromatic rings. The molecule has 0 unspecified atom stereocenters. The third kappa shape index (κ3) is 5.88. The first-order valence-electron chi connectivity index (χ1n) is 8.57. The Morgan fingerprint density at radius 2 is 1.72 bits per heavy atom. The van der Waals surface area contributed by atoms with Crippen molar-refractivity contribution in [2.24, 2.45) is 0 Å². The number of amides is 1. The largest absolute Gasteiger partial charge is 0.353 e. The van der Waals surface area contributed by atoms with Crippen LogP contribution in [-0.4, -0.2) is 33.7 Å². The first-order chi connectivity index (χ1) is 11.6. The highest BCUT2D eigenvalue weighted by molar-refractivity contribution is 7.92. The Kier molecular flexibility index (Phi) is 7.67. The van der Waals surface area contributed by atoms with Gasteiger partial charge in [-0.25, -0.2) is 8.42 Å². The Balaban J connectivity index is 3.32. The van der Waals surface area contributed by atoms with Gasteiger partial charge >= 0.3 is 0 Å². The minimum Gasteiger partial charge on any atom is -0.353 e. The average molecular weight is 367 g/mol. The topological polar surface area (TPSA) is 66.5 Å². The first kappa shape index (κ1) is 21.2. The molecule has 1 aromatic carbocycles. The number of hydrogen-bond acceptors (Lipinski definition) is 3. The van der Waals surface area contributed by atoms with Crippen molar-refractivity contribution in [3.63, 3.8) is 0 Å². The van der Waals surface area contributed by atoms with Gasteiger partial charge in [-0.15, -0.1) is 6.58 Å². The van der Waals surface area contributed by atoms with Gasteiger partial charge in [0.25, 0.3) is 0 Å². The van der Waals surface area contributed by atoms with Gasteiger partial charge in [0.05, 0.1) is 11.9 Å². The molecule has 0 saturated heterocycles. The van der Waals surface area contributed by atoms with Crippen LogP contribution in [0.3, 0.4) is 0 Å². The molecule has 0 aromatic heterocycles. The maximum absolute atomic E-state index is 12.5. The SMILES string of the molecule is C=CCNC(=O)CCN(c1c(C(C)C)cccc1C(C)C)S(C)(=O)=O. The van der Waals surface area contributed by atoms with E-state index in [1.807, 2.05) is 45.9 Å². The number of sulfonamides is 1. The van der Waals surface area contributed by atoms with Gasteiger partial charge in [-0.1, -0.05) is 52.0 Å². The standard InChI is InChI=1S/C19H30N2O3S/c1-7-12-20-18(22)11-13-21(25(6,23)24)19-16(14(2)3)9-8-10-17(19)15(4)5/h7-10,14-15H,1,11-13H2,2-6H3,(H,20,22). The van der Waals surface area contributed by atoms with Gasteiger partial charge in [0, 0.05) is 19.5 Å². The van der Waals surface area contributed by atoms with Crippen molar-refractivity contribution in [1.82, 2.24) is 5.32 Å². The van der Waals surface area contributed by atoms with Crippen LogP contribution in [-0.2, 0) is 14.8 Å². The summed E-state index contributed by atoms with van der Waals surface area (Å²) in [6.45, 7) is 12.2. The predicted octanol–water partition coefficient (Wildman–Crippen LogP) is 3.39. The van der Waals surface area contributed by atoms with E-state index >= 15 is 0 Å². The number of para-hydroxylation sites is 1. The highest BCUT2D eigenvalue weighted by Gasteiger charge is 2.25. The summed E-state index contributed by atoms with van der Waals surface area (Å²) in [5.74, 6) is 0.154. The van der Waals surface area contributed by atoms with Crippen LogP contribution in [0.2, 0.25) is 0 Å². The van der Waals surface area contributed by atoms with E-state index in [-0.39, 0.29) is 30.7 Å². The van der Waals surface area contributed by atoms with Crippen molar-refractivity contribution in [2.45, 2.75) is 46.0 Å². The van der Waals surface area contributed by atoms with E-state index in [1.54, 1.807) is 6.08 Å². The zero-order valence-corrected chi connectivity index (χ0v) is 16.7. The predicted molar refractivity (Wildman–Crippen MR) is 105 cm³/mol. The van der Waals surface area contributed by atoms with Crippen LogP contribution in [0, 0.1) is 0 Å². The Hall–Kier alpha value is -1.82. The van der Waals surface area contributed by atoms with Crippen molar-refractivity contribution in [3.8, 4) is 0 Å². The van der Waals surface area contributed by atoms with Crippen LogP contribution < -0.4 is 9.62 Å². The van der Waals surface area contributed by atoms with Gasteiger partial charge in [0.2, 0.25) is 15.9 Å². The monoisotopic (exact) mass is 366 g/mol. The number of carbonyl (C=O) groups is 1. The minimum atomic E-state index is -3.51. The van der Waals surface area contributed by atoms with E-state index in [0.717, 1.165) is 11.1 Å². The summed E-state index contributed by atoms with van der Waals surface area (Å²) in [6, 6.07) is 5.88. The molecule has 0 fully saturated rings. The normalized spacial score (nSPS) is 11.6. The lowest BCUT2D eigenvalue weighted by atomic mass is 9.92. The Morgan fingerprint density at radius 1 is 1.20 bits per heavy atom. The molecule has 1 N–H and O–H groups in total. The molecular weight excluding hydrogens is 336 g/mol. The van der Waals surface area contributed by atoms with Gasteiger partial charge in [-0.2, -0.15) is 0 Å². The van der Waals surface area contributed by atoms with Gasteiger partial charge in [0.15, 0.2) is 0 Å². The van der Waals surface area contributed by atoms with Crippen LogP contribution in [0.1, 0.15) is 57.1 Å². The highest BCUT2D eigenvalue weighted by atomic mass is 32.2. The molecular formula is C19H30N2O3S. The second kappa shape index (κ2) is 9.04. The van der Waals surface area contributed by atoms with E-state index in [4.69, 9.17) is 0 Å². The maximum Gasteiger partial charge on any atom is 0.232 e. The summed E-state index contributed by atoms with van der Waals surface area (Å²) >= 11 is 0. The lowest BCUT2D eigenvalue weighted by Gasteiger charge is -2.29. The average Bonchev–Trinajstić information content (AvgIpc) is 2.51. The fourth-order valence-electron chi connectivity index (χ4n) is 2.72. The summed E-state index contributed by atoms with van der Waals surface area (Å²) in [5, 5.41) is 2.69. The molecule has 0 radical (unpaired) electrons. The zero-order chi connectivity index (χ0) is 19.2. The van der Waals surface area contributed by atoms with Crippen LogP contribution in [0.4, 0.5) is 5.69 Å². The molecule has 0 aliphatic carbocycles. The van der Waals surface area contributed by atoms with Crippen LogP contribution >= 0.6 is 0 Å². The molecule has 0 heterocycles. The number of anilines is 1. The Morgan fingerprint density at radius 3 is 2.12 bits per heavy atom. The van der Waals surface area contributed by atoms with Gasteiger partial charge in [-0.3, -0.25) is 9.10 Å². The van der Waals surface area contributed by atoms with Crippen molar-refractivity contribution in [1.29, 1.82) is 0 Å². The summed E-state index contributed by atoms with van der Waals surface area (Å²) < 4.78 is 26.4. The molecule has 25 heavy (non-hydrogen) atoms.